The molecule has 0 amide bonds. The van der Waals surface area contributed by atoms with Gasteiger partial charge in [-0.05, 0) is 5.56 Å². The second-order valence-electron chi connectivity index (χ2n) is 4.56. The van der Waals surface area contributed by atoms with Gasteiger partial charge in [0.1, 0.15) is 0 Å². The van der Waals surface area contributed by atoms with Crippen molar-refractivity contribution in [3.8, 4) is 0 Å². The van der Waals surface area contributed by atoms with Crippen LogP contribution < -0.4 is 5.32 Å². The van der Waals surface area contributed by atoms with Gasteiger partial charge in [-0.15, -0.1) is 0 Å². The molecule has 11 heteroatoms. The van der Waals surface area contributed by atoms with Crippen LogP contribution in [-0.4, -0.2) is 34.6 Å². The Hall–Kier alpha value is -1.47. The first-order valence-electron chi connectivity index (χ1n) is 6.10. The number of imidazole rings is 1. The SMILES string of the molecule is O=P(O)(O)C(Nc1nccn1Cc1ccccc1)P(=O)(O)O. The quantitative estimate of drug-likeness (QED) is 0.486. The molecule has 9 nitrogen and oxygen atoms in total. The first-order valence-corrected chi connectivity index (χ1v) is 9.46. The van der Waals surface area contributed by atoms with E-state index in [-0.39, 0.29) is 5.95 Å². The highest BCUT2D eigenvalue weighted by Crippen LogP contribution is 2.59. The number of hydrogen-bond donors (Lipinski definition) is 5. The van der Waals surface area contributed by atoms with E-state index in [0.717, 1.165) is 5.56 Å². The van der Waals surface area contributed by atoms with Gasteiger partial charge >= 0.3 is 15.2 Å². The molecule has 0 spiro atoms. The number of rotatable bonds is 6. The van der Waals surface area contributed by atoms with Crippen molar-refractivity contribution in [2.75, 3.05) is 5.32 Å². The number of nitrogens with one attached hydrogen (secondary N) is 1. The Bertz CT molecular complexity index is 700. The van der Waals surface area contributed by atoms with Crippen LogP contribution in [0.5, 0.6) is 0 Å². The summed E-state index contributed by atoms with van der Waals surface area (Å²) in [4.78, 5) is 40.3. The number of aromatic nitrogens is 2. The van der Waals surface area contributed by atoms with Gasteiger partial charge < -0.3 is 29.5 Å². The van der Waals surface area contributed by atoms with Gasteiger partial charge in [0.05, 0.1) is 6.54 Å². The standard InChI is InChI=1S/C11H15N3O6P2/c15-21(16,17)11(22(18,19)20)13-10-12-6-7-14(10)8-9-4-2-1-3-5-9/h1-7,11H,8H2,(H,12,13)(H2,15,16,17)(H2,18,19,20). The molecule has 0 aliphatic carbocycles. The van der Waals surface area contributed by atoms with Gasteiger partial charge in [-0.1, -0.05) is 30.3 Å². The van der Waals surface area contributed by atoms with Crippen LogP contribution in [0, 0.1) is 0 Å². The first kappa shape index (κ1) is 16.9. The molecule has 0 fully saturated rings. The minimum absolute atomic E-state index is 0.0412. The van der Waals surface area contributed by atoms with Crippen LogP contribution in [0.1, 0.15) is 5.56 Å². The van der Waals surface area contributed by atoms with E-state index in [9.17, 15) is 9.13 Å². The summed E-state index contributed by atoms with van der Waals surface area (Å²) in [6, 6.07) is 9.18. The molecule has 0 saturated carbocycles. The predicted octanol–water partition coefficient (Wildman–Crippen LogP) is 0.982. The van der Waals surface area contributed by atoms with Crippen molar-refractivity contribution in [3.63, 3.8) is 0 Å². The number of hydrogen-bond acceptors (Lipinski definition) is 4. The van der Waals surface area contributed by atoms with Gasteiger partial charge in [0.25, 0.3) is 0 Å². The summed E-state index contributed by atoms with van der Waals surface area (Å²) in [6.07, 6.45) is 2.90. The van der Waals surface area contributed by atoms with Crippen molar-refractivity contribution in [1.29, 1.82) is 0 Å². The van der Waals surface area contributed by atoms with E-state index < -0.39 is 20.7 Å². The Kier molecular flexibility index (Phi) is 4.87. The molecule has 1 heterocycles. The molecule has 0 saturated heterocycles. The Balaban J connectivity index is 2.25. The molecule has 1 aromatic heterocycles. The maximum Gasteiger partial charge on any atom is 0.360 e. The molecule has 0 unspecified atom stereocenters. The Morgan fingerprint density at radius 3 is 2.23 bits per heavy atom. The Morgan fingerprint density at radius 2 is 1.68 bits per heavy atom. The third-order valence-electron chi connectivity index (χ3n) is 2.81. The molecular weight excluding hydrogens is 332 g/mol. The molecule has 0 aliphatic heterocycles. The summed E-state index contributed by atoms with van der Waals surface area (Å²) in [6.45, 7) is 0.332. The average molecular weight is 347 g/mol. The molecule has 120 valence electrons. The Labute approximate surface area is 126 Å². The molecule has 2 aromatic rings. The molecule has 0 atom stereocenters. The lowest BCUT2D eigenvalue weighted by Gasteiger charge is -2.21. The van der Waals surface area contributed by atoms with E-state index in [1.165, 1.54) is 17.0 Å². The number of anilines is 1. The van der Waals surface area contributed by atoms with Gasteiger partial charge in [-0.25, -0.2) is 4.98 Å². The summed E-state index contributed by atoms with van der Waals surface area (Å²) in [5.41, 5.74) is -1.44. The summed E-state index contributed by atoms with van der Waals surface area (Å²) in [5, 5.41) is 2.15. The van der Waals surface area contributed by atoms with Crippen LogP contribution in [0.15, 0.2) is 42.7 Å². The Morgan fingerprint density at radius 1 is 1.09 bits per heavy atom. The third kappa shape index (κ3) is 4.27. The average Bonchev–Trinajstić information content (AvgIpc) is 2.82. The van der Waals surface area contributed by atoms with E-state index in [2.05, 4.69) is 10.3 Å². The molecular formula is C11H15N3O6P2. The van der Waals surface area contributed by atoms with Gasteiger partial charge in [0.15, 0.2) is 0 Å². The molecule has 0 aliphatic rings. The summed E-state index contributed by atoms with van der Waals surface area (Å²) in [5.74, 6) is -0.0412. The van der Waals surface area contributed by atoms with Crippen molar-refractivity contribution < 1.29 is 28.7 Å². The third-order valence-corrected chi connectivity index (χ3v) is 6.14. The highest BCUT2D eigenvalue weighted by molar-refractivity contribution is 7.71. The summed E-state index contributed by atoms with van der Waals surface area (Å²) >= 11 is 0. The van der Waals surface area contributed by atoms with Gasteiger partial charge in [0.2, 0.25) is 11.5 Å². The fraction of sp³-hybridized carbons (Fsp3) is 0.182. The maximum atomic E-state index is 11.3. The highest BCUT2D eigenvalue weighted by atomic mass is 31.2. The molecule has 0 radical (unpaired) electrons. The minimum atomic E-state index is -5.07. The fourth-order valence-electron chi connectivity index (χ4n) is 1.84. The molecule has 1 aromatic carbocycles. The zero-order valence-corrected chi connectivity index (χ0v) is 13.0. The lowest BCUT2D eigenvalue weighted by Crippen LogP contribution is -2.22. The molecule has 22 heavy (non-hydrogen) atoms. The van der Waals surface area contributed by atoms with Crippen LogP contribution in [0.2, 0.25) is 0 Å². The lowest BCUT2D eigenvalue weighted by atomic mass is 10.2. The van der Waals surface area contributed by atoms with E-state index in [1.807, 2.05) is 30.3 Å². The normalized spacial score (nSPS) is 12.6. The van der Waals surface area contributed by atoms with Crippen LogP contribution in [-0.2, 0) is 15.7 Å². The van der Waals surface area contributed by atoms with Gasteiger partial charge in [-0.2, -0.15) is 0 Å². The van der Waals surface area contributed by atoms with Gasteiger partial charge in [-0.3, -0.25) is 9.13 Å². The fourth-order valence-corrected chi connectivity index (χ4v) is 3.97. The van der Waals surface area contributed by atoms with E-state index in [1.54, 1.807) is 0 Å². The minimum Gasteiger partial charge on any atom is -0.332 e. The van der Waals surface area contributed by atoms with Crippen molar-refractivity contribution in [1.82, 2.24) is 9.55 Å². The largest absolute Gasteiger partial charge is 0.360 e. The number of nitrogens with zero attached hydrogens (tertiary/aromatic N) is 2. The second-order valence-corrected chi connectivity index (χ2v) is 8.36. The maximum absolute atomic E-state index is 11.3. The van der Waals surface area contributed by atoms with Crippen molar-refractivity contribution >= 4 is 21.1 Å². The van der Waals surface area contributed by atoms with Crippen molar-refractivity contribution in [2.24, 2.45) is 0 Å². The smallest absolute Gasteiger partial charge is 0.332 e. The van der Waals surface area contributed by atoms with E-state index >= 15 is 0 Å². The topological polar surface area (TPSA) is 145 Å². The van der Waals surface area contributed by atoms with Crippen molar-refractivity contribution in [3.05, 3.63) is 48.3 Å². The molecule has 0 bridgehead atoms. The zero-order chi connectivity index (χ0) is 16.4. The van der Waals surface area contributed by atoms with Crippen molar-refractivity contribution in [2.45, 2.75) is 12.1 Å². The highest BCUT2D eigenvalue weighted by Gasteiger charge is 2.44. The monoisotopic (exact) mass is 347 g/mol. The summed E-state index contributed by atoms with van der Waals surface area (Å²) in [7, 11) is -10.1. The predicted molar refractivity (Wildman–Crippen MR) is 79.3 cm³/mol. The molecule has 2 rings (SSSR count). The van der Waals surface area contributed by atoms with Crippen LogP contribution in [0.25, 0.3) is 0 Å². The van der Waals surface area contributed by atoms with Crippen LogP contribution in [0.3, 0.4) is 0 Å². The van der Waals surface area contributed by atoms with Gasteiger partial charge in [0, 0.05) is 12.4 Å². The second kappa shape index (κ2) is 6.34. The summed E-state index contributed by atoms with van der Waals surface area (Å²) < 4.78 is 24.0. The number of benzene rings is 1. The molecule has 5 N–H and O–H groups in total. The first-order chi connectivity index (χ1) is 10.2. The van der Waals surface area contributed by atoms with E-state index in [0.29, 0.717) is 6.54 Å². The van der Waals surface area contributed by atoms with Crippen LogP contribution >= 0.6 is 15.2 Å². The van der Waals surface area contributed by atoms with E-state index in [4.69, 9.17) is 19.6 Å². The van der Waals surface area contributed by atoms with Crippen LogP contribution in [0.4, 0.5) is 5.95 Å². The zero-order valence-electron chi connectivity index (χ0n) is 11.2. The lowest BCUT2D eigenvalue weighted by molar-refractivity contribution is 0.343.